The molecular weight excluding hydrogens is 340 g/mol. The van der Waals surface area contributed by atoms with Gasteiger partial charge in [-0.3, -0.25) is 9.48 Å². The molecule has 1 amide bonds. The van der Waals surface area contributed by atoms with Crippen LogP contribution in [0, 0.1) is 0 Å². The lowest BCUT2D eigenvalue weighted by Gasteiger charge is -2.18. The molecule has 25 heavy (non-hydrogen) atoms. The molecule has 1 N–H and O–H groups in total. The summed E-state index contributed by atoms with van der Waals surface area (Å²) in [4.78, 5) is 12.3. The van der Waals surface area contributed by atoms with E-state index in [0.29, 0.717) is 25.2 Å². The Labute approximate surface area is 148 Å². The lowest BCUT2D eigenvalue weighted by Crippen LogP contribution is -2.30. The fourth-order valence-electron chi connectivity index (χ4n) is 2.47. The highest BCUT2D eigenvalue weighted by atomic mass is 32.2. The van der Waals surface area contributed by atoms with Crippen molar-refractivity contribution in [3.05, 3.63) is 48.3 Å². The number of hydrogen-bond donors (Lipinski definition) is 1. The molecule has 0 fully saturated rings. The first-order valence-corrected chi connectivity index (χ1v) is 9.79. The van der Waals surface area contributed by atoms with Crippen molar-refractivity contribution < 1.29 is 13.2 Å². The summed E-state index contributed by atoms with van der Waals surface area (Å²) in [5.74, 6) is -0.216. The quantitative estimate of drug-likeness (QED) is 0.687. The Hall–Kier alpha value is -2.19. The first-order chi connectivity index (χ1) is 12.0. The number of rotatable bonds is 9. The topological polar surface area (TPSA) is 84.3 Å². The number of benzene rings is 1. The van der Waals surface area contributed by atoms with E-state index in [1.165, 1.54) is 16.4 Å². The second-order valence-corrected chi connectivity index (χ2v) is 7.43. The van der Waals surface area contributed by atoms with Gasteiger partial charge in [0.15, 0.2) is 0 Å². The largest absolute Gasteiger partial charge is 0.352 e. The van der Waals surface area contributed by atoms with E-state index in [1.54, 1.807) is 36.9 Å². The van der Waals surface area contributed by atoms with Gasteiger partial charge in [0.05, 0.1) is 4.90 Å². The van der Waals surface area contributed by atoms with E-state index in [9.17, 15) is 13.2 Å². The number of aryl methyl sites for hydroxylation is 1. The van der Waals surface area contributed by atoms with Crippen molar-refractivity contribution in [1.29, 1.82) is 0 Å². The zero-order valence-electron chi connectivity index (χ0n) is 14.6. The van der Waals surface area contributed by atoms with Crippen LogP contribution in [0.3, 0.4) is 0 Å². The normalized spacial score (nSPS) is 11.6. The van der Waals surface area contributed by atoms with Crippen molar-refractivity contribution in [2.75, 3.05) is 19.6 Å². The highest BCUT2D eigenvalue weighted by Gasteiger charge is 2.21. The smallest absolute Gasteiger partial charge is 0.251 e. The van der Waals surface area contributed by atoms with Crippen LogP contribution in [0.2, 0.25) is 0 Å². The van der Waals surface area contributed by atoms with Gasteiger partial charge in [0.1, 0.15) is 0 Å². The molecule has 0 aliphatic carbocycles. The first kappa shape index (κ1) is 19.1. The maximum absolute atomic E-state index is 12.4. The second-order valence-electron chi connectivity index (χ2n) is 5.49. The molecule has 0 aliphatic heterocycles. The van der Waals surface area contributed by atoms with Crippen LogP contribution in [-0.2, 0) is 16.6 Å². The van der Waals surface area contributed by atoms with Crippen LogP contribution in [0.15, 0.2) is 47.6 Å². The van der Waals surface area contributed by atoms with Crippen molar-refractivity contribution in [3.8, 4) is 0 Å². The highest BCUT2D eigenvalue weighted by molar-refractivity contribution is 7.89. The number of aromatic nitrogens is 2. The fourth-order valence-corrected chi connectivity index (χ4v) is 3.93. The predicted molar refractivity (Wildman–Crippen MR) is 95.7 cm³/mol. The molecule has 0 saturated heterocycles. The van der Waals surface area contributed by atoms with Crippen molar-refractivity contribution in [1.82, 2.24) is 19.4 Å². The van der Waals surface area contributed by atoms with E-state index >= 15 is 0 Å². The summed E-state index contributed by atoms with van der Waals surface area (Å²) in [5.41, 5.74) is 0.442. The third-order valence-electron chi connectivity index (χ3n) is 3.87. The lowest BCUT2D eigenvalue weighted by molar-refractivity contribution is 0.0952. The van der Waals surface area contributed by atoms with Gasteiger partial charge in [0.25, 0.3) is 5.91 Å². The van der Waals surface area contributed by atoms with Crippen molar-refractivity contribution >= 4 is 15.9 Å². The van der Waals surface area contributed by atoms with Crippen molar-refractivity contribution in [2.24, 2.45) is 0 Å². The number of sulfonamides is 1. The molecule has 7 nitrogen and oxygen atoms in total. The van der Waals surface area contributed by atoms with Crippen molar-refractivity contribution in [3.63, 3.8) is 0 Å². The Balaban J connectivity index is 1.91. The maximum Gasteiger partial charge on any atom is 0.251 e. The number of amides is 1. The predicted octanol–water partition coefficient (Wildman–Crippen LogP) is 1.73. The molecule has 0 atom stereocenters. The third kappa shape index (κ3) is 4.90. The minimum absolute atomic E-state index is 0.200. The highest BCUT2D eigenvalue weighted by Crippen LogP contribution is 2.16. The molecule has 0 bridgehead atoms. The SMILES string of the molecule is CCN(CC)S(=O)(=O)c1ccc(C(=O)NCCCn2cccn2)cc1. The molecular formula is C17H24N4O3S. The van der Waals surface area contributed by atoms with Gasteiger partial charge in [-0.25, -0.2) is 8.42 Å². The Morgan fingerprint density at radius 1 is 1.20 bits per heavy atom. The Bertz CT molecular complexity index is 767. The van der Waals surface area contributed by atoms with Crippen LogP contribution in [0.25, 0.3) is 0 Å². The van der Waals surface area contributed by atoms with E-state index in [2.05, 4.69) is 10.4 Å². The second kappa shape index (κ2) is 8.77. The van der Waals surface area contributed by atoms with Gasteiger partial charge in [0, 0.05) is 44.1 Å². The molecule has 1 aromatic carbocycles. The molecule has 2 aromatic rings. The number of carbonyl (C=O) groups is 1. The van der Waals surface area contributed by atoms with Gasteiger partial charge < -0.3 is 5.32 Å². The Morgan fingerprint density at radius 2 is 1.88 bits per heavy atom. The summed E-state index contributed by atoms with van der Waals surface area (Å²) in [7, 11) is -3.50. The summed E-state index contributed by atoms with van der Waals surface area (Å²) in [6.45, 7) is 5.68. The molecule has 0 saturated carbocycles. The molecule has 8 heteroatoms. The molecule has 1 heterocycles. The molecule has 0 spiro atoms. The minimum atomic E-state index is -3.50. The summed E-state index contributed by atoms with van der Waals surface area (Å²) >= 11 is 0. The standard InChI is InChI=1S/C17H24N4O3S/c1-3-21(4-2)25(23,24)16-9-7-15(8-10-16)17(22)18-11-5-13-20-14-6-12-19-20/h6-10,12,14H,3-5,11,13H2,1-2H3,(H,18,22). The van der Waals surface area contributed by atoms with Gasteiger partial charge in [-0.05, 0) is 36.8 Å². The van der Waals surface area contributed by atoms with E-state index < -0.39 is 10.0 Å². The van der Waals surface area contributed by atoms with Crippen molar-refractivity contribution in [2.45, 2.75) is 31.7 Å². The molecule has 1 aromatic heterocycles. The average molecular weight is 364 g/mol. The van der Waals surface area contributed by atoms with Crippen LogP contribution in [0.5, 0.6) is 0 Å². The molecule has 0 unspecified atom stereocenters. The van der Waals surface area contributed by atoms with Crippen LogP contribution in [0.4, 0.5) is 0 Å². The van der Waals surface area contributed by atoms with Gasteiger partial charge in [-0.1, -0.05) is 13.8 Å². The van der Waals surface area contributed by atoms with Gasteiger partial charge in [0.2, 0.25) is 10.0 Å². The fraction of sp³-hybridized carbons (Fsp3) is 0.412. The maximum atomic E-state index is 12.4. The van der Waals surface area contributed by atoms with E-state index in [4.69, 9.17) is 0 Å². The molecule has 136 valence electrons. The number of carbonyl (C=O) groups excluding carboxylic acids is 1. The van der Waals surface area contributed by atoms with Crippen LogP contribution < -0.4 is 5.32 Å². The van der Waals surface area contributed by atoms with Crippen LogP contribution >= 0.6 is 0 Å². The molecule has 0 radical (unpaired) electrons. The Morgan fingerprint density at radius 3 is 2.44 bits per heavy atom. The summed E-state index contributed by atoms with van der Waals surface area (Å²) in [5, 5.41) is 6.92. The van der Waals surface area contributed by atoms with Gasteiger partial charge in [-0.2, -0.15) is 9.40 Å². The van der Waals surface area contributed by atoms with E-state index in [1.807, 2.05) is 12.3 Å². The average Bonchev–Trinajstić information content (AvgIpc) is 3.13. The molecule has 0 aliphatic rings. The zero-order valence-corrected chi connectivity index (χ0v) is 15.4. The zero-order chi connectivity index (χ0) is 18.3. The number of nitrogens with zero attached hydrogens (tertiary/aromatic N) is 3. The van der Waals surface area contributed by atoms with Crippen LogP contribution in [-0.4, -0.2) is 48.0 Å². The lowest BCUT2D eigenvalue weighted by atomic mass is 10.2. The summed E-state index contributed by atoms with van der Waals surface area (Å²) < 4.78 is 28.0. The van der Waals surface area contributed by atoms with Gasteiger partial charge in [-0.15, -0.1) is 0 Å². The van der Waals surface area contributed by atoms with Crippen LogP contribution in [0.1, 0.15) is 30.6 Å². The van der Waals surface area contributed by atoms with E-state index in [0.717, 1.165) is 13.0 Å². The monoisotopic (exact) mass is 364 g/mol. The summed E-state index contributed by atoms with van der Waals surface area (Å²) in [6.07, 6.45) is 4.35. The molecule has 2 rings (SSSR count). The number of nitrogens with one attached hydrogen (secondary N) is 1. The number of hydrogen-bond acceptors (Lipinski definition) is 4. The van der Waals surface area contributed by atoms with Gasteiger partial charge >= 0.3 is 0 Å². The summed E-state index contributed by atoms with van der Waals surface area (Å²) in [6, 6.07) is 7.89. The Kier molecular flexibility index (Phi) is 6.72. The van der Waals surface area contributed by atoms with E-state index in [-0.39, 0.29) is 10.8 Å². The first-order valence-electron chi connectivity index (χ1n) is 8.35. The minimum Gasteiger partial charge on any atom is -0.352 e. The third-order valence-corrected chi connectivity index (χ3v) is 5.93.